The Morgan fingerprint density at radius 1 is 1.47 bits per heavy atom. The van der Waals surface area contributed by atoms with Crippen molar-refractivity contribution in [2.45, 2.75) is 19.8 Å². The van der Waals surface area contributed by atoms with Gasteiger partial charge in [-0.1, -0.05) is 25.4 Å². The van der Waals surface area contributed by atoms with Crippen LogP contribution in [0.3, 0.4) is 0 Å². The van der Waals surface area contributed by atoms with Crippen LogP contribution in [-0.2, 0) is 0 Å². The summed E-state index contributed by atoms with van der Waals surface area (Å²) >= 11 is 5.87. The van der Waals surface area contributed by atoms with E-state index in [0.717, 1.165) is 0 Å². The van der Waals surface area contributed by atoms with Crippen molar-refractivity contribution in [2.24, 2.45) is 17.1 Å². The number of hydrogen-bond donors (Lipinski definition) is 1. The standard InChI is InChI=1S/C12H15ClFN/c1-12(2)9(6-15)11(12)8-5-7(13)3-4-10(8)14/h3-5,9,11H,6,15H2,1-2H3. The minimum atomic E-state index is -0.173. The molecule has 15 heavy (non-hydrogen) atoms. The molecule has 0 bridgehead atoms. The molecule has 1 aliphatic rings. The first kappa shape index (κ1) is 10.9. The fourth-order valence-electron chi connectivity index (χ4n) is 2.55. The van der Waals surface area contributed by atoms with Gasteiger partial charge in [0.25, 0.3) is 0 Å². The molecule has 1 saturated carbocycles. The first-order chi connectivity index (χ1) is 6.98. The second-order valence-corrected chi connectivity index (χ2v) is 5.24. The van der Waals surface area contributed by atoms with E-state index < -0.39 is 0 Å². The van der Waals surface area contributed by atoms with Crippen molar-refractivity contribution in [3.63, 3.8) is 0 Å². The lowest BCUT2D eigenvalue weighted by Gasteiger charge is -2.05. The van der Waals surface area contributed by atoms with Gasteiger partial charge in [-0.15, -0.1) is 0 Å². The lowest BCUT2D eigenvalue weighted by Crippen LogP contribution is -2.05. The van der Waals surface area contributed by atoms with Crippen LogP contribution in [0.15, 0.2) is 18.2 Å². The Bertz CT molecular complexity index is 389. The van der Waals surface area contributed by atoms with E-state index in [1.54, 1.807) is 12.1 Å². The zero-order valence-corrected chi connectivity index (χ0v) is 9.68. The summed E-state index contributed by atoms with van der Waals surface area (Å²) in [4.78, 5) is 0. The summed E-state index contributed by atoms with van der Waals surface area (Å²) in [7, 11) is 0. The largest absolute Gasteiger partial charge is 0.330 e. The van der Waals surface area contributed by atoms with E-state index in [-0.39, 0.29) is 17.2 Å². The van der Waals surface area contributed by atoms with Gasteiger partial charge < -0.3 is 5.73 Å². The number of halogens is 2. The second-order valence-electron chi connectivity index (χ2n) is 4.81. The van der Waals surface area contributed by atoms with Crippen LogP contribution in [0.2, 0.25) is 5.02 Å². The second kappa shape index (κ2) is 3.46. The van der Waals surface area contributed by atoms with Crippen LogP contribution in [0.25, 0.3) is 0 Å². The maximum atomic E-state index is 13.6. The van der Waals surface area contributed by atoms with Gasteiger partial charge in [0, 0.05) is 5.02 Å². The average molecular weight is 228 g/mol. The Labute approximate surface area is 94.4 Å². The van der Waals surface area contributed by atoms with E-state index in [0.29, 0.717) is 23.0 Å². The fourth-order valence-corrected chi connectivity index (χ4v) is 2.73. The molecule has 0 spiro atoms. The Hall–Kier alpha value is -0.600. The van der Waals surface area contributed by atoms with Gasteiger partial charge in [-0.3, -0.25) is 0 Å². The molecule has 1 nitrogen and oxygen atoms in total. The Morgan fingerprint density at radius 3 is 2.67 bits per heavy atom. The SMILES string of the molecule is CC1(C)C(CN)C1c1cc(Cl)ccc1F. The van der Waals surface area contributed by atoms with E-state index in [1.807, 2.05) is 0 Å². The van der Waals surface area contributed by atoms with Crippen molar-refractivity contribution < 1.29 is 4.39 Å². The molecule has 0 saturated heterocycles. The topological polar surface area (TPSA) is 26.0 Å². The van der Waals surface area contributed by atoms with Crippen LogP contribution >= 0.6 is 11.6 Å². The third-order valence-corrected chi connectivity index (χ3v) is 3.83. The first-order valence-electron chi connectivity index (χ1n) is 5.13. The molecule has 1 fully saturated rings. The molecule has 3 heteroatoms. The van der Waals surface area contributed by atoms with Crippen molar-refractivity contribution in [1.29, 1.82) is 0 Å². The summed E-state index contributed by atoms with van der Waals surface area (Å²) in [5.74, 6) is 0.403. The molecule has 2 N–H and O–H groups in total. The number of hydrogen-bond acceptors (Lipinski definition) is 1. The zero-order valence-electron chi connectivity index (χ0n) is 8.93. The zero-order chi connectivity index (χ0) is 11.2. The van der Waals surface area contributed by atoms with Crippen molar-refractivity contribution in [3.05, 3.63) is 34.6 Å². The summed E-state index contributed by atoms with van der Waals surface area (Å²) in [6.07, 6.45) is 0. The Balaban J connectivity index is 2.36. The predicted octanol–water partition coefficient (Wildman–Crippen LogP) is 3.18. The molecule has 0 aliphatic heterocycles. The maximum Gasteiger partial charge on any atom is 0.126 e. The smallest absolute Gasteiger partial charge is 0.126 e. The number of benzene rings is 1. The maximum absolute atomic E-state index is 13.6. The van der Waals surface area contributed by atoms with Crippen LogP contribution < -0.4 is 5.73 Å². The van der Waals surface area contributed by atoms with Crippen LogP contribution in [0.1, 0.15) is 25.3 Å². The molecule has 2 rings (SSSR count). The predicted molar refractivity (Wildman–Crippen MR) is 60.5 cm³/mol. The molecule has 0 aromatic heterocycles. The van der Waals surface area contributed by atoms with Gasteiger partial charge in [0.2, 0.25) is 0 Å². The number of nitrogens with two attached hydrogens (primary N) is 1. The summed E-state index contributed by atoms with van der Waals surface area (Å²) in [6, 6.07) is 4.73. The minimum absolute atomic E-state index is 0.0975. The van der Waals surface area contributed by atoms with E-state index >= 15 is 0 Å². The fraction of sp³-hybridized carbons (Fsp3) is 0.500. The molecule has 0 radical (unpaired) electrons. The number of rotatable bonds is 2. The molecule has 2 atom stereocenters. The molecular formula is C12H15ClFN. The molecule has 0 heterocycles. The van der Waals surface area contributed by atoms with E-state index in [9.17, 15) is 4.39 Å². The molecule has 1 aromatic carbocycles. The Kier molecular flexibility index (Phi) is 2.52. The van der Waals surface area contributed by atoms with Gasteiger partial charge in [0.1, 0.15) is 5.82 Å². The lowest BCUT2D eigenvalue weighted by molar-refractivity contribution is 0.551. The van der Waals surface area contributed by atoms with Crippen molar-refractivity contribution in [3.8, 4) is 0 Å². The summed E-state index contributed by atoms with van der Waals surface area (Å²) in [5, 5.41) is 0.588. The van der Waals surface area contributed by atoms with E-state index in [2.05, 4.69) is 13.8 Å². The van der Waals surface area contributed by atoms with Crippen LogP contribution in [0.5, 0.6) is 0 Å². The van der Waals surface area contributed by atoms with Gasteiger partial charge in [0.15, 0.2) is 0 Å². The van der Waals surface area contributed by atoms with Gasteiger partial charge in [-0.05, 0) is 47.6 Å². The monoisotopic (exact) mass is 227 g/mol. The van der Waals surface area contributed by atoms with Gasteiger partial charge in [-0.2, -0.15) is 0 Å². The van der Waals surface area contributed by atoms with Crippen molar-refractivity contribution in [2.75, 3.05) is 6.54 Å². The average Bonchev–Trinajstić information content (AvgIpc) is 2.72. The van der Waals surface area contributed by atoms with Crippen LogP contribution in [-0.4, -0.2) is 6.54 Å². The molecular weight excluding hydrogens is 213 g/mol. The Morgan fingerprint density at radius 2 is 2.13 bits per heavy atom. The highest BCUT2D eigenvalue weighted by atomic mass is 35.5. The van der Waals surface area contributed by atoms with Crippen molar-refractivity contribution in [1.82, 2.24) is 0 Å². The summed E-state index contributed by atoms with van der Waals surface area (Å²) in [5.41, 5.74) is 6.48. The highest BCUT2D eigenvalue weighted by Crippen LogP contribution is 2.64. The highest BCUT2D eigenvalue weighted by Gasteiger charge is 2.57. The van der Waals surface area contributed by atoms with Crippen LogP contribution in [0, 0.1) is 17.2 Å². The van der Waals surface area contributed by atoms with Crippen LogP contribution in [0.4, 0.5) is 4.39 Å². The van der Waals surface area contributed by atoms with Gasteiger partial charge in [0.05, 0.1) is 0 Å². The third kappa shape index (κ3) is 1.66. The molecule has 0 amide bonds. The quantitative estimate of drug-likeness (QED) is 0.825. The van der Waals surface area contributed by atoms with Crippen molar-refractivity contribution >= 4 is 11.6 Å². The summed E-state index contributed by atoms with van der Waals surface area (Å²) in [6.45, 7) is 4.84. The minimum Gasteiger partial charge on any atom is -0.330 e. The first-order valence-corrected chi connectivity index (χ1v) is 5.51. The molecule has 1 aromatic rings. The van der Waals surface area contributed by atoms with E-state index in [1.165, 1.54) is 6.07 Å². The normalized spacial score (nSPS) is 27.8. The molecule has 2 unspecified atom stereocenters. The molecule has 82 valence electrons. The highest BCUT2D eigenvalue weighted by molar-refractivity contribution is 6.30. The van der Waals surface area contributed by atoms with Gasteiger partial charge >= 0.3 is 0 Å². The lowest BCUT2D eigenvalue weighted by atomic mass is 10.0. The third-order valence-electron chi connectivity index (χ3n) is 3.60. The van der Waals surface area contributed by atoms with E-state index in [4.69, 9.17) is 17.3 Å². The van der Waals surface area contributed by atoms with Gasteiger partial charge in [-0.25, -0.2) is 4.39 Å². The molecule has 1 aliphatic carbocycles. The summed E-state index contributed by atoms with van der Waals surface area (Å²) < 4.78 is 13.6.